The van der Waals surface area contributed by atoms with Gasteiger partial charge in [-0.3, -0.25) is 9.69 Å². The zero-order valence-electron chi connectivity index (χ0n) is 22.4. The maximum atomic E-state index is 13.0. The Balaban J connectivity index is 1.52. The molecule has 8 heteroatoms. The van der Waals surface area contributed by atoms with E-state index in [1.54, 1.807) is 0 Å². The second kappa shape index (κ2) is 11.6. The van der Waals surface area contributed by atoms with E-state index < -0.39 is 0 Å². The summed E-state index contributed by atoms with van der Waals surface area (Å²) in [6.07, 6.45) is 6.16. The summed E-state index contributed by atoms with van der Waals surface area (Å²) in [7, 11) is 2.04. The fourth-order valence-electron chi connectivity index (χ4n) is 5.28. The van der Waals surface area contributed by atoms with Gasteiger partial charge < -0.3 is 15.1 Å². The largest absolute Gasteiger partial charge is 0.368 e. The van der Waals surface area contributed by atoms with Crippen molar-refractivity contribution in [1.29, 1.82) is 5.26 Å². The van der Waals surface area contributed by atoms with Gasteiger partial charge in [0.2, 0.25) is 5.91 Å². The topological polar surface area (TPSA) is 88.4 Å². The van der Waals surface area contributed by atoms with E-state index >= 15 is 0 Å². The van der Waals surface area contributed by atoms with Gasteiger partial charge in [-0.2, -0.15) is 10.4 Å². The first-order valence-electron chi connectivity index (χ1n) is 13.0. The molecule has 0 bridgehead atoms. The van der Waals surface area contributed by atoms with E-state index in [1.165, 1.54) is 0 Å². The monoisotopic (exact) mass is 499 g/mol. The van der Waals surface area contributed by atoms with Gasteiger partial charge in [-0.05, 0) is 70.5 Å². The number of likely N-dealkylation sites (tertiary alicyclic amines) is 1. The molecule has 194 valence electrons. The number of anilines is 1. The highest BCUT2D eigenvalue weighted by atomic mass is 16.2. The van der Waals surface area contributed by atoms with Crippen molar-refractivity contribution in [3.8, 4) is 6.07 Å². The van der Waals surface area contributed by atoms with Crippen molar-refractivity contribution in [3.63, 3.8) is 0 Å². The highest BCUT2D eigenvalue weighted by Crippen LogP contribution is 2.19. The molecule has 1 aromatic heterocycles. The minimum absolute atomic E-state index is 0.0287. The third kappa shape index (κ3) is 5.67. The van der Waals surface area contributed by atoms with Crippen LogP contribution in [0.3, 0.4) is 0 Å². The number of hydrogen-bond donors (Lipinski definition) is 1. The van der Waals surface area contributed by atoms with Crippen molar-refractivity contribution in [3.05, 3.63) is 63.3 Å². The molecule has 1 aromatic carbocycles. The Morgan fingerprint density at radius 3 is 2.54 bits per heavy atom. The van der Waals surface area contributed by atoms with Crippen molar-refractivity contribution in [1.82, 2.24) is 24.9 Å². The molecule has 0 saturated carbocycles. The summed E-state index contributed by atoms with van der Waals surface area (Å²) in [5, 5.41) is 23.6. The minimum Gasteiger partial charge on any atom is -0.368 e. The zero-order chi connectivity index (χ0) is 26.5. The Bertz CT molecular complexity index is 1340. The lowest BCUT2D eigenvalue weighted by molar-refractivity contribution is -0.137. The Morgan fingerprint density at radius 1 is 1.16 bits per heavy atom. The SMILES string of the molecule is C=C(/C=c1/c(NCc2cccc(C#N)c2C)nnc(C)/c1=C/C)N1CCN(C(=O)C2CCCN2C)CC1. The number of rotatable bonds is 6. The van der Waals surface area contributed by atoms with Crippen LogP contribution in [0, 0.1) is 25.2 Å². The minimum atomic E-state index is 0.0287. The molecule has 1 N–H and O–H groups in total. The van der Waals surface area contributed by atoms with E-state index in [0.717, 1.165) is 65.4 Å². The van der Waals surface area contributed by atoms with Gasteiger partial charge in [0.25, 0.3) is 0 Å². The highest BCUT2D eigenvalue weighted by Gasteiger charge is 2.32. The van der Waals surface area contributed by atoms with Crippen molar-refractivity contribution < 1.29 is 4.79 Å². The van der Waals surface area contributed by atoms with Gasteiger partial charge in [0, 0.05) is 48.9 Å². The summed E-state index contributed by atoms with van der Waals surface area (Å²) in [6.45, 7) is 14.7. The van der Waals surface area contributed by atoms with Crippen LogP contribution in [0.5, 0.6) is 0 Å². The second-order valence-electron chi connectivity index (χ2n) is 9.89. The third-order valence-corrected chi connectivity index (χ3v) is 7.65. The van der Waals surface area contributed by atoms with Crippen LogP contribution in [0.2, 0.25) is 0 Å². The van der Waals surface area contributed by atoms with E-state index in [4.69, 9.17) is 0 Å². The second-order valence-corrected chi connectivity index (χ2v) is 9.89. The van der Waals surface area contributed by atoms with Gasteiger partial charge in [0.05, 0.1) is 23.4 Å². The molecule has 0 spiro atoms. The smallest absolute Gasteiger partial charge is 0.240 e. The van der Waals surface area contributed by atoms with E-state index in [-0.39, 0.29) is 11.9 Å². The predicted octanol–water partition coefficient (Wildman–Crippen LogP) is 1.91. The Hall–Kier alpha value is -3.70. The van der Waals surface area contributed by atoms with Crippen LogP contribution >= 0.6 is 0 Å². The lowest BCUT2D eigenvalue weighted by atomic mass is 10.0. The Morgan fingerprint density at radius 2 is 1.89 bits per heavy atom. The molecule has 0 aliphatic carbocycles. The van der Waals surface area contributed by atoms with Gasteiger partial charge in [0.1, 0.15) is 0 Å². The van der Waals surface area contributed by atoms with Crippen LogP contribution < -0.4 is 15.8 Å². The molecule has 0 radical (unpaired) electrons. The zero-order valence-corrected chi connectivity index (χ0v) is 22.4. The van der Waals surface area contributed by atoms with Gasteiger partial charge in [-0.1, -0.05) is 24.8 Å². The number of allylic oxidation sites excluding steroid dienone is 1. The van der Waals surface area contributed by atoms with Gasteiger partial charge in [-0.15, -0.1) is 5.10 Å². The van der Waals surface area contributed by atoms with Crippen molar-refractivity contribution in [2.75, 3.05) is 45.1 Å². The molecule has 1 atom stereocenters. The molecule has 8 nitrogen and oxygen atoms in total. The standard InChI is InChI=1S/C29H37N7O/c1-6-25-22(4)32-33-28(31-19-24-10-7-9-23(18-30)21(24)3)26(25)17-20(2)35-13-15-36(16-14-35)29(37)27-11-8-12-34(27)5/h6-7,9-10,17,27H,2,8,11-16,19H2,1,3-5H3,(H,31,33)/b25-6-,26-17+. The number of nitriles is 1. The van der Waals surface area contributed by atoms with Crippen LogP contribution in [-0.2, 0) is 11.3 Å². The molecule has 1 unspecified atom stereocenters. The highest BCUT2D eigenvalue weighted by molar-refractivity contribution is 5.82. The number of aryl methyl sites for hydroxylation is 1. The van der Waals surface area contributed by atoms with Crippen LogP contribution in [0.1, 0.15) is 42.1 Å². The molecular formula is C29H37N7O. The summed E-state index contributed by atoms with van der Waals surface area (Å²) < 4.78 is 0. The Labute approximate surface area is 219 Å². The van der Waals surface area contributed by atoms with Gasteiger partial charge in [0.15, 0.2) is 5.82 Å². The summed E-state index contributed by atoms with van der Waals surface area (Å²) in [6, 6.07) is 8.03. The average molecular weight is 500 g/mol. The molecule has 2 aromatic rings. The number of aromatic nitrogens is 2. The first-order valence-corrected chi connectivity index (χ1v) is 13.0. The molecule has 1 amide bonds. The molecule has 3 heterocycles. The maximum absolute atomic E-state index is 13.0. The van der Waals surface area contributed by atoms with Crippen LogP contribution in [0.25, 0.3) is 12.2 Å². The number of nitrogens with zero attached hydrogens (tertiary/aromatic N) is 6. The van der Waals surface area contributed by atoms with E-state index in [1.807, 2.05) is 57.0 Å². The van der Waals surface area contributed by atoms with Crippen LogP contribution in [-0.4, -0.2) is 76.6 Å². The van der Waals surface area contributed by atoms with Crippen molar-refractivity contribution >= 4 is 23.9 Å². The number of hydrogen-bond acceptors (Lipinski definition) is 7. The molecule has 37 heavy (non-hydrogen) atoms. The number of likely N-dealkylation sites (N-methyl/N-ethyl adjacent to an activating group) is 1. The number of nitrogens with one attached hydrogen (secondary N) is 1. The summed E-state index contributed by atoms with van der Waals surface area (Å²) in [5.41, 5.74) is 4.43. The van der Waals surface area contributed by atoms with Gasteiger partial charge in [-0.25, -0.2) is 0 Å². The van der Waals surface area contributed by atoms with E-state index in [2.05, 4.69) is 44.0 Å². The van der Waals surface area contributed by atoms with E-state index in [9.17, 15) is 10.1 Å². The third-order valence-electron chi connectivity index (χ3n) is 7.65. The molecule has 4 rings (SSSR count). The van der Waals surface area contributed by atoms with Crippen LogP contribution in [0.4, 0.5) is 5.82 Å². The maximum Gasteiger partial charge on any atom is 0.240 e. The normalized spacial score (nSPS) is 19.3. The summed E-state index contributed by atoms with van der Waals surface area (Å²) in [4.78, 5) is 19.4. The van der Waals surface area contributed by atoms with Crippen molar-refractivity contribution in [2.24, 2.45) is 0 Å². The quantitative estimate of drug-likeness (QED) is 0.650. The lowest BCUT2D eigenvalue weighted by Crippen LogP contribution is -2.52. The lowest BCUT2D eigenvalue weighted by Gasteiger charge is -2.38. The number of carbonyl (C=O) groups excluding carboxylic acids is 1. The molecule has 2 fully saturated rings. The molecule has 2 aliphatic rings. The van der Waals surface area contributed by atoms with Crippen molar-refractivity contribution in [2.45, 2.75) is 46.2 Å². The summed E-state index contributed by atoms with van der Waals surface area (Å²) >= 11 is 0. The Kier molecular flexibility index (Phi) is 8.24. The number of carbonyl (C=O) groups is 1. The van der Waals surface area contributed by atoms with E-state index in [0.29, 0.717) is 31.0 Å². The molecule has 2 aliphatic heterocycles. The first kappa shape index (κ1) is 26.4. The number of amides is 1. The first-order chi connectivity index (χ1) is 17.8. The fraction of sp³-hybridized carbons (Fsp3) is 0.448. The average Bonchev–Trinajstić information content (AvgIpc) is 3.34. The fourth-order valence-corrected chi connectivity index (χ4v) is 5.28. The van der Waals surface area contributed by atoms with Gasteiger partial charge >= 0.3 is 0 Å². The number of benzene rings is 1. The number of piperazine rings is 1. The predicted molar refractivity (Wildman–Crippen MR) is 147 cm³/mol. The van der Waals surface area contributed by atoms with Crippen LogP contribution in [0.15, 0.2) is 30.5 Å². The summed E-state index contributed by atoms with van der Waals surface area (Å²) in [5.74, 6) is 0.938. The molecular weight excluding hydrogens is 462 g/mol. The molecule has 2 saturated heterocycles.